The summed E-state index contributed by atoms with van der Waals surface area (Å²) in [6, 6.07) is 20.4. The van der Waals surface area contributed by atoms with E-state index in [2.05, 4.69) is 53.5 Å². The van der Waals surface area contributed by atoms with E-state index in [-0.39, 0.29) is 6.79 Å². The summed E-state index contributed by atoms with van der Waals surface area (Å²) >= 11 is 8.04. The fourth-order valence-electron chi connectivity index (χ4n) is 3.33. The van der Waals surface area contributed by atoms with Gasteiger partial charge in [0, 0.05) is 33.2 Å². The number of hydrogen-bond donors (Lipinski definition) is 0. The van der Waals surface area contributed by atoms with Gasteiger partial charge in [0.25, 0.3) is 0 Å². The van der Waals surface area contributed by atoms with Crippen LogP contribution in [0.25, 0.3) is 22.0 Å². The Morgan fingerprint density at radius 3 is 2.45 bits per heavy atom. The number of fused-ring (bicyclic) bond motifs is 2. The van der Waals surface area contributed by atoms with Gasteiger partial charge < -0.3 is 9.47 Å². The van der Waals surface area contributed by atoms with Crippen molar-refractivity contribution in [1.82, 2.24) is 10.2 Å². The molecule has 1 aliphatic rings. The Labute approximate surface area is 177 Å². The van der Waals surface area contributed by atoms with Crippen molar-refractivity contribution in [1.29, 1.82) is 0 Å². The van der Waals surface area contributed by atoms with Crippen LogP contribution in [-0.2, 0) is 5.75 Å². The molecule has 2 heterocycles. The molecule has 0 radical (unpaired) electrons. The Morgan fingerprint density at radius 2 is 1.66 bits per heavy atom. The number of aryl methyl sites for hydroxylation is 1. The SMILES string of the molecule is Cc1ccc(-c2nnc(SCc3cc4c(cc3Cl)OCO4)c3ccccc23)cc1. The van der Waals surface area contributed by atoms with Crippen LogP contribution in [0.3, 0.4) is 0 Å². The number of hydrogen-bond acceptors (Lipinski definition) is 5. The van der Waals surface area contributed by atoms with E-state index >= 15 is 0 Å². The Hall–Kier alpha value is -2.76. The second kappa shape index (κ2) is 7.58. The number of nitrogens with zero attached hydrogens (tertiary/aromatic N) is 2. The first-order chi connectivity index (χ1) is 14.2. The van der Waals surface area contributed by atoms with Gasteiger partial charge in [0.05, 0.1) is 0 Å². The number of ether oxygens (including phenoxy) is 2. The van der Waals surface area contributed by atoms with Crippen LogP contribution in [0.4, 0.5) is 0 Å². The van der Waals surface area contributed by atoms with Crippen molar-refractivity contribution < 1.29 is 9.47 Å². The van der Waals surface area contributed by atoms with Crippen molar-refractivity contribution in [2.24, 2.45) is 0 Å². The monoisotopic (exact) mass is 420 g/mol. The van der Waals surface area contributed by atoms with Crippen LogP contribution < -0.4 is 9.47 Å². The summed E-state index contributed by atoms with van der Waals surface area (Å²) in [6.07, 6.45) is 0. The van der Waals surface area contributed by atoms with E-state index < -0.39 is 0 Å². The molecule has 0 N–H and O–H groups in total. The summed E-state index contributed by atoms with van der Waals surface area (Å²) in [7, 11) is 0. The molecule has 0 fully saturated rings. The third-order valence-corrected chi connectivity index (χ3v) is 6.27. The lowest BCUT2D eigenvalue weighted by Crippen LogP contribution is -1.94. The van der Waals surface area contributed by atoms with Crippen molar-refractivity contribution in [2.75, 3.05) is 6.79 Å². The van der Waals surface area contributed by atoms with Gasteiger partial charge in [-0.05, 0) is 18.6 Å². The zero-order valence-corrected chi connectivity index (χ0v) is 17.3. The minimum absolute atomic E-state index is 0.235. The van der Waals surface area contributed by atoms with Gasteiger partial charge in [-0.15, -0.1) is 10.2 Å². The fraction of sp³-hybridized carbons (Fsp3) is 0.130. The molecule has 1 aromatic heterocycles. The quantitative estimate of drug-likeness (QED) is 0.363. The highest BCUT2D eigenvalue weighted by molar-refractivity contribution is 7.98. The van der Waals surface area contributed by atoms with E-state index in [4.69, 9.17) is 21.1 Å². The van der Waals surface area contributed by atoms with Crippen molar-refractivity contribution in [3.05, 3.63) is 76.8 Å². The molecule has 3 aromatic carbocycles. The van der Waals surface area contributed by atoms with Crippen LogP contribution in [0, 0.1) is 6.92 Å². The summed E-state index contributed by atoms with van der Waals surface area (Å²) in [5, 5.41) is 12.8. The van der Waals surface area contributed by atoms with Gasteiger partial charge in [-0.3, -0.25) is 0 Å². The predicted molar refractivity (Wildman–Crippen MR) is 117 cm³/mol. The standard InChI is InChI=1S/C23H17ClN2O2S/c1-14-6-8-15(9-7-14)22-17-4-2-3-5-18(17)23(26-25-22)29-12-16-10-20-21(11-19(16)24)28-13-27-20/h2-11H,12-13H2,1H3. The lowest BCUT2D eigenvalue weighted by Gasteiger charge is -2.10. The van der Waals surface area contributed by atoms with Gasteiger partial charge in [0.15, 0.2) is 11.5 Å². The largest absolute Gasteiger partial charge is 0.454 e. The summed E-state index contributed by atoms with van der Waals surface area (Å²) in [6.45, 7) is 2.31. The Bertz CT molecular complexity index is 1210. The summed E-state index contributed by atoms with van der Waals surface area (Å²) in [4.78, 5) is 0. The third kappa shape index (κ3) is 3.52. The average molecular weight is 421 g/mol. The van der Waals surface area contributed by atoms with Crippen LogP contribution >= 0.6 is 23.4 Å². The maximum atomic E-state index is 6.43. The van der Waals surface area contributed by atoms with Crippen LogP contribution in [0.2, 0.25) is 5.02 Å². The average Bonchev–Trinajstić information content (AvgIpc) is 3.19. The molecule has 29 heavy (non-hydrogen) atoms. The smallest absolute Gasteiger partial charge is 0.231 e. The summed E-state index contributed by atoms with van der Waals surface area (Å²) in [5.41, 5.74) is 4.16. The van der Waals surface area contributed by atoms with E-state index in [1.165, 1.54) is 5.56 Å². The highest BCUT2D eigenvalue weighted by Gasteiger charge is 2.17. The summed E-state index contributed by atoms with van der Waals surface area (Å²) in [5.74, 6) is 2.09. The normalized spacial score (nSPS) is 12.5. The first-order valence-electron chi connectivity index (χ1n) is 9.22. The molecule has 0 amide bonds. The van der Waals surface area contributed by atoms with Crippen molar-refractivity contribution in [3.8, 4) is 22.8 Å². The van der Waals surface area contributed by atoms with Gasteiger partial charge in [-0.2, -0.15) is 0 Å². The van der Waals surface area contributed by atoms with Crippen LogP contribution in [-0.4, -0.2) is 17.0 Å². The zero-order valence-electron chi connectivity index (χ0n) is 15.7. The Morgan fingerprint density at radius 1 is 0.931 bits per heavy atom. The molecule has 0 saturated heterocycles. The second-order valence-electron chi connectivity index (χ2n) is 6.85. The molecule has 4 nitrogen and oxygen atoms in total. The highest BCUT2D eigenvalue weighted by atomic mass is 35.5. The van der Waals surface area contributed by atoms with E-state index in [9.17, 15) is 0 Å². The lowest BCUT2D eigenvalue weighted by atomic mass is 10.0. The van der Waals surface area contributed by atoms with Gasteiger partial charge in [0.1, 0.15) is 10.7 Å². The van der Waals surface area contributed by atoms with Crippen LogP contribution in [0.5, 0.6) is 11.5 Å². The van der Waals surface area contributed by atoms with E-state index in [1.807, 2.05) is 24.3 Å². The van der Waals surface area contributed by atoms with E-state index in [0.717, 1.165) is 38.4 Å². The Balaban J connectivity index is 1.49. The van der Waals surface area contributed by atoms with Crippen LogP contribution in [0.1, 0.15) is 11.1 Å². The maximum absolute atomic E-state index is 6.43. The van der Waals surface area contributed by atoms with E-state index in [0.29, 0.717) is 16.5 Å². The number of benzene rings is 3. The minimum Gasteiger partial charge on any atom is -0.454 e. The topological polar surface area (TPSA) is 44.2 Å². The molecule has 0 spiro atoms. The fourth-order valence-corrected chi connectivity index (χ4v) is 4.59. The number of halogens is 1. The third-order valence-electron chi connectivity index (χ3n) is 4.88. The molecule has 5 rings (SSSR count). The van der Waals surface area contributed by atoms with Gasteiger partial charge in [-0.25, -0.2) is 0 Å². The van der Waals surface area contributed by atoms with Gasteiger partial charge >= 0.3 is 0 Å². The number of aromatic nitrogens is 2. The molecule has 0 bridgehead atoms. The molecule has 4 aromatic rings. The Kier molecular flexibility index (Phi) is 4.78. The van der Waals surface area contributed by atoms with Crippen molar-refractivity contribution in [3.63, 3.8) is 0 Å². The van der Waals surface area contributed by atoms with Gasteiger partial charge in [-0.1, -0.05) is 77.5 Å². The molecule has 0 unspecified atom stereocenters. The molecular formula is C23H17ClN2O2S. The van der Waals surface area contributed by atoms with Crippen molar-refractivity contribution in [2.45, 2.75) is 17.7 Å². The predicted octanol–water partition coefficient (Wildman–Crippen LogP) is 6.28. The van der Waals surface area contributed by atoms with E-state index in [1.54, 1.807) is 11.8 Å². The zero-order chi connectivity index (χ0) is 19.8. The molecule has 0 saturated carbocycles. The maximum Gasteiger partial charge on any atom is 0.231 e. The minimum atomic E-state index is 0.235. The number of thioether (sulfide) groups is 1. The summed E-state index contributed by atoms with van der Waals surface area (Å²) < 4.78 is 10.9. The van der Waals surface area contributed by atoms with Crippen LogP contribution in [0.15, 0.2) is 65.7 Å². The van der Waals surface area contributed by atoms with Gasteiger partial charge in [0.2, 0.25) is 6.79 Å². The first-order valence-corrected chi connectivity index (χ1v) is 10.6. The highest BCUT2D eigenvalue weighted by Crippen LogP contribution is 2.39. The molecule has 6 heteroatoms. The molecule has 0 aliphatic carbocycles. The second-order valence-corrected chi connectivity index (χ2v) is 8.22. The first kappa shape index (κ1) is 18.3. The number of rotatable bonds is 4. The molecule has 1 aliphatic heterocycles. The lowest BCUT2D eigenvalue weighted by molar-refractivity contribution is 0.174. The molecule has 144 valence electrons. The molecule has 0 atom stereocenters. The molecular weight excluding hydrogens is 404 g/mol. The van der Waals surface area contributed by atoms with Crippen molar-refractivity contribution >= 4 is 34.1 Å².